The lowest BCUT2D eigenvalue weighted by Gasteiger charge is -2.32. The van der Waals surface area contributed by atoms with Crippen LogP contribution in [-0.4, -0.2) is 55.7 Å². The van der Waals surface area contributed by atoms with Gasteiger partial charge in [0.05, 0.1) is 24.1 Å². The van der Waals surface area contributed by atoms with E-state index in [-0.39, 0.29) is 5.82 Å². The zero-order valence-corrected chi connectivity index (χ0v) is 21.4. The number of anilines is 2. The van der Waals surface area contributed by atoms with Crippen molar-refractivity contribution < 1.29 is 4.39 Å². The molecule has 1 aliphatic rings. The number of nitrogen functional groups attached to an aromatic ring is 1. The number of hydrogen-bond donors (Lipinski definition) is 3. The number of nitrogens with zero attached hydrogens (tertiary/aromatic N) is 5. The topological polar surface area (TPSA) is 96.9 Å². The fourth-order valence-electron chi connectivity index (χ4n) is 4.78. The van der Waals surface area contributed by atoms with Gasteiger partial charge in [-0.3, -0.25) is 4.98 Å². The summed E-state index contributed by atoms with van der Waals surface area (Å²) in [5, 5.41) is 6.90. The van der Waals surface area contributed by atoms with Crippen LogP contribution < -0.4 is 16.4 Å². The summed E-state index contributed by atoms with van der Waals surface area (Å²) in [4.78, 5) is 16.0. The molecule has 1 fully saturated rings. The molecule has 0 atom stereocenters. The van der Waals surface area contributed by atoms with Crippen molar-refractivity contribution in [2.75, 3.05) is 37.2 Å². The number of hydrogen-bond acceptors (Lipinski definition) is 6. The predicted molar refractivity (Wildman–Crippen MR) is 149 cm³/mol. The van der Waals surface area contributed by atoms with E-state index in [9.17, 15) is 4.39 Å². The van der Waals surface area contributed by atoms with Crippen LogP contribution in [-0.2, 0) is 13.0 Å². The molecule has 0 spiro atoms. The second kappa shape index (κ2) is 11.6. The van der Waals surface area contributed by atoms with Crippen molar-refractivity contribution in [3.8, 4) is 0 Å². The van der Waals surface area contributed by atoms with Crippen LogP contribution in [0.5, 0.6) is 0 Å². The maximum atomic E-state index is 13.4. The van der Waals surface area contributed by atoms with Crippen LogP contribution >= 0.6 is 12.2 Å². The summed E-state index contributed by atoms with van der Waals surface area (Å²) < 4.78 is 15.6. The summed E-state index contributed by atoms with van der Waals surface area (Å²) in [6.07, 6.45) is 8.25. The van der Waals surface area contributed by atoms with Gasteiger partial charge in [0.15, 0.2) is 10.8 Å². The second-order valence-electron chi connectivity index (χ2n) is 9.42. The smallest absolute Gasteiger partial charge is 0.170 e. The summed E-state index contributed by atoms with van der Waals surface area (Å²) in [6, 6.07) is 12.3. The van der Waals surface area contributed by atoms with Gasteiger partial charge in [-0.05, 0) is 80.0 Å². The summed E-state index contributed by atoms with van der Waals surface area (Å²) in [7, 11) is 0. The molecule has 0 unspecified atom stereocenters. The van der Waals surface area contributed by atoms with Crippen LogP contribution in [0.3, 0.4) is 0 Å². The van der Waals surface area contributed by atoms with Gasteiger partial charge in [-0.25, -0.2) is 14.4 Å². The summed E-state index contributed by atoms with van der Waals surface area (Å²) in [5.41, 5.74) is 10.1. The van der Waals surface area contributed by atoms with E-state index in [4.69, 9.17) is 22.9 Å². The third kappa shape index (κ3) is 6.39. The molecule has 1 aromatic carbocycles. The quantitative estimate of drug-likeness (QED) is 0.303. The lowest BCUT2D eigenvalue weighted by Crippen LogP contribution is -2.41. The fourth-order valence-corrected chi connectivity index (χ4v) is 4.99. The minimum absolute atomic E-state index is 0.226. The molecule has 0 bridgehead atoms. The van der Waals surface area contributed by atoms with E-state index in [2.05, 4.69) is 30.1 Å². The first-order valence-electron chi connectivity index (χ1n) is 12.6. The van der Waals surface area contributed by atoms with Gasteiger partial charge in [-0.2, -0.15) is 0 Å². The van der Waals surface area contributed by atoms with Gasteiger partial charge in [0.2, 0.25) is 0 Å². The van der Waals surface area contributed by atoms with Gasteiger partial charge in [-0.1, -0.05) is 12.1 Å². The number of pyridine rings is 2. The number of aromatic nitrogens is 4. The lowest BCUT2D eigenvalue weighted by atomic mass is 9.93. The Hall–Kier alpha value is -3.63. The van der Waals surface area contributed by atoms with Crippen LogP contribution in [0, 0.1) is 11.7 Å². The lowest BCUT2D eigenvalue weighted by molar-refractivity contribution is 0.185. The Kier molecular flexibility index (Phi) is 7.86. The molecule has 8 nitrogen and oxygen atoms in total. The Bertz CT molecular complexity index is 1350. The Balaban J connectivity index is 1.13. The number of benzene rings is 1. The third-order valence-corrected chi connectivity index (χ3v) is 7.08. The van der Waals surface area contributed by atoms with Crippen molar-refractivity contribution >= 4 is 39.9 Å². The average molecular weight is 519 g/mol. The molecule has 192 valence electrons. The second-order valence-corrected chi connectivity index (χ2v) is 9.83. The molecule has 5 rings (SSSR count). The van der Waals surface area contributed by atoms with E-state index in [1.165, 1.54) is 12.1 Å². The van der Waals surface area contributed by atoms with E-state index >= 15 is 0 Å². The monoisotopic (exact) mass is 518 g/mol. The van der Waals surface area contributed by atoms with E-state index in [1.807, 2.05) is 24.3 Å². The highest BCUT2D eigenvalue weighted by Gasteiger charge is 2.22. The molecule has 37 heavy (non-hydrogen) atoms. The first-order chi connectivity index (χ1) is 18.0. The van der Waals surface area contributed by atoms with Gasteiger partial charge < -0.3 is 25.8 Å². The molecule has 0 saturated carbocycles. The number of nitrogens with one attached hydrogen (secondary N) is 2. The van der Waals surface area contributed by atoms with Gasteiger partial charge in [0, 0.05) is 31.9 Å². The minimum atomic E-state index is -0.226. The molecule has 1 saturated heterocycles. The van der Waals surface area contributed by atoms with Crippen LogP contribution in [0.1, 0.15) is 24.2 Å². The summed E-state index contributed by atoms with van der Waals surface area (Å²) >= 11 is 5.39. The standard InChI is InChI=1S/C27H31FN8S/c28-21-5-3-20(4-6-21)18-36-25(33-23-2-1-10-31-26(23)36)16-19-8-13-35(14-9-19)15-12-32-27(37)34-24-17-30-11-7-22(24)29/h1-7,10-11,17,19H,8-9,12-16,18H2,(H2,29,30)(H2,32,34,37). The van der Waals surface area contributed by atoms with Crippen LogP contribution in [0.2, 0.25) is 0 Å². The highest BCUT2D eigenvalue weighted by Crippen LogP contribution is 2.24. The molecular weight excluding hydrogens is 487 g/mol. The Morgan fingerprint density at radius 2 is 1.92 bits per heavy atom. The highest BCUT2D eigenvalue weighted by molar-refractivity contribution is 7.80. The molecule has 0 amide bonds. The fraction of sp³-hybridized carbons (Fsp3) is 0.333. The number of imidazole rings is 1. The molecule has 4 heterocycles. The first kappa shape index (κ1) is 25.0. The Labute approximate surface area is 221 Å². The molecule has 0 aliphatic carbocycles. The maximum absolute atomic E-state index is 13.4. The molecule has 4 N–H and O–H groups in total. The minimum Gasteiger partial charge on any atom is -0.397 e. The SMILES string of the molecule is Nc1ccncc1NC(=S)NCCN1CCC(Cc2nc3cccnc3n2Cc2ccc(F)cc2)CC1. The van der Waals surface area contributed by atoms with Crippen molar-refractivity contribution in [2.45, 2.75) is 25.8 Å². The van der Waals surface area contributed by atoms with Gasteiger partial charge >= 0.3 is 0 Å². The predicted octanol–water partition coefficient (Wildman–Crippen LogP) is 3.84. The zero-order valence-electron chi connectivity index (χ0n) is 20.6. The molecule has 4 aromatic rings. The summed E-state index contributed by atoms with van der Waals surface area (Å²) in [6.45, 7) is 4.39. The average Bonchev–Trinajstić information content (AvgIpc) is 3.24. The largest absolute Gasteiger partial charge is 0.397 e. The summed E-state index contributed by atoms with van der Waals surface area (Å²) in [5.74, 6) is 1.38. The third-order valence-electron chi connectivity index (χ3n) is 6.83. The van der Waals surface area contributed by atoms with E-state index in [0.717, 1.165) is 68.0 Å². The first-order valence-corrected chi connectivity index (χ1v) is 13.0. The van der Waals surface area contributed by atoms with Crippen molar-refractivity contribution in [3.63, 3.8) is 0 Å². The van der Waals surface area contributed by atoms with Gasteiger partial charge in [0.1, 0.15) is 17.2 Å². The maximum Gasteiger partial charge on any atom is 0.170 e. The number of halogens is 1. The molecule has 0 radical (unpaired) electrons. The Morgan fingerprint density at radius 1 is 1.11 bits per heavy atom. The normalized spacial score (nSPS) is 14.6. The van der Waals surface area contributed by atoms with Gasteiger partial charge in [0.25, 0.3) is 0 Å². The number of nitrogens with two attached hydrogens (primary N) is 1. The number of fused-ring (bicyclic) bond motifs is 1. The zero-order chi connectivity index (χ0) is 25.6. The molecule has 1 aliphatic heterocycles. The number of piperidine rings is 1. The van der Waals surface area contributed by atoms with Crippen LogP contribution in [0.4, 0.5) is 15.8 Å². The number of rotatable bonds is 8. The van der Waals surface area contributed by atoms with Crippen LogP contribution in [0.25, 0.3) is 11.2 Å². The van der Waals surface area contributed by atoms with E-state index < -0.39 is 0 Å². The van der Waals surface area contributed by atoms with E-state index in [1.54, 1.807) is 24.7 Å². The molecule has 10 heteroatoms. The number of thiocarbonyl (C=S) groups is 1. The van der Waals surface area contributed by atoms with Crippen LogP contribution in [0.15, 0.2) is 61.1 Å². The van der Waals surface area contributed by atoms with Gasteiger partial charge in [-0.15, -0.1) is 0 Å². The molecular formula is C27H31FN8S. The molecule has 3 aromatic heterocycles. The van der Waals surface area contributed by atoms with Crippen molar-refractivity contribution in [2.24, 2.45) is 5.92 Å². The number of likely N-dealkylation sites (tertiary alicyclic amines) is 1. The van der Waals surface area contributed by atoms with Crippen molar-refractivity contribution in [3.05, 3.63) is 78.3 Å². The Morgan fingerprint density at radius 3 is 2.70 bits per heavy atom. The van der Waals surface area contributed by atoms with E-state index in [0.29, 0.717) is 28.9 Å². The van der Waals surface area contributed by atoms with Crippen molar-refractivity contribution in [1.29, 1.82) is 0 Å². The van der Waals surface area contributed by atoms with Crippen molar-refractivity contribution in [1.82, 2.24) is 29.7 Å². The highest BCUT2D eigenvalue weighted by atomic mass is 32.1.